The molecule has 1 aliphatic heterocycles. The van der Waals surface area contributed by atoms with E-state index in [0.717, 1.165) is 0 Å². The number of carbonyl (C=O) groups is 1. The summed E-state index contributed by atoms with van der Waals surface area (Å²) in [6.07, 6.45) is -11.6. The van der Waals surface area contributed by atoms with Gasteiger partial charge in [0.15, 0.2) is 12.3 Å². The predicted octanol–water partition coefficient (Wildman–Crippen LogP) is -5.21. The molecule has 0 aromatic heterocycles. The zero-order chi connectivity index (χ0) is 21.9. The molecule has 1 saturated heterocycles. The van der Waals surface area contributed by atoms with Gasteiger partial charge in [-0.2, -0.15) is 0 Å². The van der Waals surface area contributed by atoms with Crippen molar-refractivity contribution < 1.29 is 54.9 Å². The molecular weight excluding hydrogens is 380 g/mol. The van der Waals surface area contributed by atoms with Gasteiger partial charge in [0.1, 0.15) is 30.5 Å². The van der Waals surface area contributed by atoms with Crippen LogP contribution >= 0.6 is 0 Å². The van der Waals surface area contributed by atoms with Crippen LogP contribution < -0.4 is 5.32 Å². The van der Waals surface area contributed by atoms with Gasteiger partial charge in [-0.05, 0) is 6.42 Å². The van der Waals surface area contributed by atoms with Crippen LogP contribution in [0.15, 0.2) is 0 Å². The Hall–Kier alpha value is -0.930. The van der Waals surface area contributed by atoms with Crippen LogP contribution in [0.3, 0.4) is 0 Å². The monoisotopic (exact) mass is 413 g/mol. The summed E-state index contributed by atoms with van der Waals surface area (Å²) in [4.78, 5) is 12.9. The Labute approximate surface area is 162 Å². The first-order chi connectivity index (χ1) is 12.9. The summed E-state index contributed by atoms with van der Waals surface area (Å²) in [7, 11) is 2.84. The fourth-order valence-electron chi connectivity index (χ4n) is 3.32. The lowest BCUT2D eigenvalue weighted by Crippen LogP contribution is -2.76. The van der Waals surface area contributed by atoms with E-state index in [1.165, 1.54) is 14.1 Å². The lowest BCUT2D eigenvalue weighted by Gasteiger charge is -2.47. The van der Waals surface area contributed by atoms with Gasteiger partial charge in [-0.1, -0.05) is 6.92 Å². The van der Waals surface area contributed by atoms with Crippen LogP contribution in [0.5, 0.6) is 0 Å². The predicted molar refractivity (Wildman–Crippen MR) is 93.2 cm³/mol. The van der Waals surface area contributed by atoms with E-state index < -0.39 is 72.2 Å². The second-order valence-corrected chi connectivity index (χ2v) is 7.55. The van der Waals surface area contributed by atoms with Crippen molar-refractivity contribution in [1.82, 2.24) is 5.32 Å². The molecule has 8 atom stereocenters. The molecule has 1 fully saturated rings. The van der Waals surface area contributed by atoms with E-state index in [4.69, 9.17) is 9.84 Å². The molecule has 1 heterocycles. The molecule has 12 nitrogen and oxygen atoms in total. The van der Waals surface area contributed by atoms with Crippen LogP contribution in [0.4, 0.5) is 0 Å². The highest BCUT2D eigenvalue weighted by Gasteiger charge is 2.60. The molecule has 166 valence electrons. The normalized spacial score (nSPS) is 33.0. The van der Waals surface area contributed by atoms with E-state index in [9.17, 15) is 40.5 Å². The number of hydrogen-bond donors (Lipinski definition) is 9. The first kappa shape index (κ1) is 25.1. The van der Waals surface area contributed by atoms with Crippen molar-refractivity contribution >= 4 is 5.91 Å². The number of ether oxygens (including phenoxy) is 1. The molecule has 1 unspecified atom stereocenters. The molecule has 0 spiro atoms. The zero-order valence-electron chi connectivity index (χ0n) is 16.2. The van der Waals surface area contributed by atoms with Crippen molar-refractivity contribution in [1.29, 1.82) is 0 Å². The van der Waals surface area contributed by atoms with Gasteiger partial charge in [-0.25, -0.2) is 0 Å². The minimum atomic E-state index is -2.67. The van der Waals surface area contributed by atoms with Crippen molar-refractivity contribution in [3.8, 4) is 0 Å². The average Bonchev–Trinajstić information content (AvgIpc) is 2.65. The molecule has 0 aromatic rings. The Balaban J connectivity index is 3.19. The number of likely N-dealkylation sites (N-methyl/N-ethyl adjacent to an activating group) is 1. The minimum Gasteiger partial charge on any atom is -0.394 e. The van der Waals surface area contributed by atoms with E-state index in [2.05, 4.69) is 5.32 Å². The van der Waals surface area contributed by atoms with Crippen LogP contribution in [0, 0.1) is 0 Å². The molecule has 0 radical (unpaired) electrons. The first-order valence-electron chi connectivity index (χ1n) is 9.02. The van der Waals surface area contributed by atoms with Crippen LogP contribution in [0.25, 0.3) is 0 Å². The Bertz CT molecular complexity index is 520. The third kappa shape index (κ3) is 4.62. The Morgan fingerprint density at radius 3 is 2.18 bits per heavy atom. The van der Waals surface area contributed by atoms with Crippen molar-refractivity contribution in [2.45, 2.75) is 61.9 Å². The van der Waals surface area contributed by atoms with Gasteiger partial charge in [0.25, 0.3) is 0 Å². The minimum absolute atomic E-state index is 0.188. The van der Waals surface area contributed by atoms with E-state index >= 15 is 0 Å². The number of rotatable bonds is 9. The van der Waals surface area contributed by atoms with Crippen LogP contribution in [-0.2, 0) is 9.53 Å². The second-order valence-electron chi connectivity index (χ2n) is 7.55. The molecule has 12 heteroatoms. The standard InChI is InChI=1S/C16H32N2O10/c1-4-5-18(2,3)16(27,13(25)8(21)6-19)15(26)17-14-12(24)11(23)10(22)9(7-20)28-14/h8-14,19-25,27H,4-7H2,1-3H3/p+1/t8-,9-,10-,11+,12-,13-,14?,16+/m1/s1. The molecule has 28 heavy (non-hydrogen) atoms. The number of amides is 1. The molecule has 0 saturated carbocycles. The van der Waals surface area contributed by atoms with Gasteiger partial charge in [0.05, 0.1) is 33.9 Å². The third-order valence-electron chi connectivity index (χ3n) is 5.17. The summed E-state index contributed by atoms with van der Waals surface area (Å²) in [5.74, 6) is -1.25. The third-order valence-corrected chi connectivity index (χ3v) is 5.17. The van der Waals surface area contributed by atoms with Crippen molar-refractivity contribution in [2.75, 3.05) is 33.9 Å². The summed E-state index contributed by atoms with van der Waals surface area (Å²) in [5, 5.41) is 81.5. The summed E-state index contributed by atoms with van der Waals surface area (Å²) < 4.78 is 4.67. The fourth-order valence-corrected chi connectivity index (χ4v) is 3.32. The SMILES string of the molecule is CCC[N+](C)(C)[C@@](O)(C(=O)NC1O[C@H](CO)[C@@H](O)[C@H](O)[C@H]1O)[C@H](O)[C@H](O)CO. The van der Waals surface area contributed by atoms with E-state index in [1.54, 1.807) is 6.92 Å². The number of carbonyl (C=O) groups excluding carboxylic acids is 1. The van der Waals surface area contributed by atoms with Crippen molar-refractivity contribution in [3.63, 3.8) is 0 Å². The van der Waals surface area contributed by atoms with Crippen LogP contribution in [-0.4, -0.2) is 134 Å². The van der Waals surface area contributed by atoms with Crippen molar-refractivity contribution in [2.24, 2.45) is 0 Å². The molecule has 0 aromatic carbocycles. The zero-order valence-corrected chi connectivity index (χ0v) is 16.2. The van der Waals surface area contributed by atoms with E-state index in [1.807, 2.05) is 0 Å². The highest BCUT2D eigenvalue weighted by molar-refractivity contribution is 5.84. The largest absolute Gasteiger partial charge is 0.394 e. The number of aliphatic hydroxyl groups excluding tert-OH is 7. The molecule has 1 amide bonds. The molecule has 9 N–H and O–H groups in total. The van der Waals surface area contributed by atoms with Crippen molar-refractivity contribution in [3.05, 3.63) is 0 Å². The van der Waals surface area contributed by atoms with E-state index in [0.29, 0.717) is 6.42 Å². The first-order valence-corrected chi connectivity index (χ1v) is 9.02. The summed E-state index contributed by atoms with van der Waals surface area (Å²) >= 11 is 0. The number of nitrogens with zero attached hydrogens (tertiary/aromatic N) is 1. The quantitative estimate of drug-likeness (QED) is 0.130. The highest BCUT2D eigenvalue weighted by atomic mass is 16.6. The fraction of sp³-hybridized carbons (Fsp3) is 0.938. The van der Waals surface area contributed by atoms with Gasteiger partial charge in [-0.15, -0.1) is 0 Å². The Kier molecular flexibility index (Phi) is 8.71. The number of aliphatic hydroxyl groups is 8. The van der Waals surface area contributed by atoms with Gasteiger partial charge in [0.2, 0.25) is 0 Å². The van der Waals surface area contributed by atoms with Crippen LogP contribution in [0.1, 0.15) is 13.3 Å². The lowest BCUT2D eigenvalue weighted by atomic mass is 9.94. The van der Waals surface area contributed by atoms with Gasteiger partial charge in [0, 0.05) is 0 Å². The average molecular weight is 413 g/mol. The Morgan fingerprint density at radius 1 is 1.14 bits per heavy atom. The number of hydrogen-bond acceptors (Lipinski definition) is 10. The summed E-state index contributed by atoms with van der Waals surface area (Å²) in [5.41, 5.74) is -2.67. The molecule has 1 rings (SSSR count). The number of quaternary nitrogens is 1. The van der Waals surface area contributed by atoms with Crippen LogP contribution in [0.2, 0.25) is 0 Å². The molecule has 0 aliphatic carbocycles. The molecule has 0 bridgehead atoms. The molecule has 1 aliphatic rings. The maximum atomic E-state index is 12.9. The van der Waals surface area contributed by atoms with Gasteiger partial charge in [-0.3, -0.25) is 9.28 Å². The van der Waals surface area contributed by atoms with E-state index in [-0.39, 0.29) is 6.54 Å². The maximum absolute atomic E-state index is 12.9. The summed E-state index contributed by atoms with van der Waals surface area (Å²) in [6, 6.07) is 0. The number of nitrogens with one attached hydrogen (secondary N) is 1. The smallest absolute Gasteiger partial charge is 0.315 e. The second kappa shape index (κ2) is 9.71. The highest BCUT2D eigenvalue weighted by Crippen LogP contribution is 2.27. The van der Waals surface area contributed by atoms with Gasteiger partial charge >= 0.3 is 11.6 Å². The topological polar surface area (TPSA) is 200 Å². The molecular formula is C16H33N2O10+. The maximum Gasteiger partial charge on any atom is 0.315 e. The lowest BCUT2D eigenvalue weighted by molar-refractivity contribution is -0.960. The van der Waals surface area contributed by atoms with Gasteiger partial charge < -0.3 is 50.9 Å². The summed E-state index contributed by atoms with van der Waals surface area (Å²) in [6.45, 7) is 0.312. The Morgan fingerprint density at radius 2 is 1.71 bits per heavy atom.